The van der Waals surface area contributed by atoms with Crippen molar-refractivity contribution in [2.24, 2.45) is 11.7 Å². The van der Waals surface area contributed by atoms with E-state index in [-0.39, 0.29) is 11.5 Å². The lowest BCUT2D eigenvalue weighted by atomic mass is 9.96. The van der Waals surface area contributed by atoms with Gasteiger partial charge in [-0.1, -0.05) is 18.2 Å². The summed E-state index contributed by atoms with van der Waals surface area (Å²) in [5.74, 6) is 0.185. The van der Waals surface area contributed by atoms with Gasteiger partial charge in [0.1, 0.15) is 0 Å². The Balaban J connectivity index is 2.16. The average Bonchev–Trinajstić information content (AvgIpc) is 2.54. The number of nitrogens with two attached hydrogens (primary N) is 1. The number of allylic oxidation sites excluding steroid dienone is 1. The van der Waals surface area contributed by atoms with Crippen molar-refractivity contribution in [2.75, 3.05) is 19.6 Å². The number of hydrogen-bond acceptors (Lipinski definition) is 2. The van der Waals surface area contributed by atoms with Crippen molar-refractivity contribution in [2.45, 2.75) is 25.9 Å². The van der Waals surface area contributed by atoms with Gasteiger partial charge in [0.05, 0.1) is 5.56 Å². The molecule has 0 saturated carbocycles. The van der Waals surface area contributed by atoms with Crippen LogP contribution >= 0.6 is 0 Å². The predicted molar refractivity (Wildman–Crippen MR) is 83.5 cm³/mol. The van der Waals surface area contributed by atoms with E-state index in [4.69, 9.17) is 5.73 Å². The third-order valence-electron chi connectivity index (χ3n) is 4.26. The van der Waals surface area contributed by atoms with Crippen molar-refractivity contribution in [3.8, 4) is 0 Å². The second-order valence-electron chi connectivity index (χ2n) is 5.88. The van der Waals surface area contributed by atoms with Crippen LogP contribution < -0.4 is 5.73 Å². The molecule has 1 amide bonds. The van der Waals surface area contributed by atoms with E-state index in [1.165, 1.54) is 25.1 Å². The molecule has 1 aliphatic heterocycles. The van der Waals surface area contributed by atoms with Crippen molar-refractivity contribution in [3.05, 3.63) is 41.5 Å². The summed E-state index contributed by atoms with van der Waals surface area (Å²) in [5.41, 5.74) is 5.27. The van der Waals surface area contributed by atoms with Crippen molar-refractivity contribution in [1.82, 2.24) is 4.90 Å². The maximum atomic E-state index is 13.0. The van der Waals surface area contributed by atoms with Gasteiger partial charge in [0.2, 0.25) is 5.91 Å². The maximum absolute atomic E-state index is 13.0. The monoisotopic (exact) mass is 326 g/mol. The normalized spacial score (nSPS) is 17.4. The first-order valence-corrected chi connectivity index (χ1v) is 7.66. The summed E-state index contributed by atoms with van der Waals surface area (Å²) in [5, 5.41) is 0. The summed E-state index contributed by atoms with van der Waals surface area (Å²) in [6, 6.07) is 5.31. The average molecular weight is 326 g/mol. The molecular weight excluding hydrogens is 305 g/mol. The molecule has 0 spiro atoms. The second-order valence-corrected chi connectivity index (χ2v) is 5.88. The highest BCUT2D eigenvalue weighted by Gasteiger charge is 2.33. The molecule has 1 saturated heterocycles. The van der Waals surface area contributed by atoms with Crippen molar-refractivity contribution >= 4 is 11.5 Å². The standard InChI is InChI=1S/C17H21F3N2O/c1-12(14-4-2-3-5-15(14)17(18,19)20)10-16(23)22-8-6-13(11-21)7-9-22/h2-5,10,13H,6-9,11,21H2,1H3/b12-10+. The van der Waals surface area contributed by atoms with Crippen LogP contribution in [0.15, 0.2) is 30.3 Å². The van der Waals surface area contributed by atoms with Crippen LogP contribution in [0, 0.1) is 5.92 Å². The maximum Gasteiger partial charge on any atom is 0.416 e. The Bertz CT molecular complexity index is 588. The first-order valence-electron chi connectivity index (χ1n) is 7.66. The lowest BCUT2D eigenvalue weighted by Gasteiger charge is -2.30. The molecule has 2 rings (SSSR count). The quantitative estimate of drug-likeness (QED) is 0.866. The smallest absolute Gasteiger partial charge is 0.339 e. The van der Waals surface area contributed by atoms with Crippen LogP contribution in [0.2, 0.25) is 0 Å². The van der Waals surface area contributed by atoms with Crippen LogP contribution in [0.3, 0.4) is 0 Å². The number of carbonyl (C=O) groups is 1. The molecule has 1 aromatic rings. The number of likely N-dealkylation sites (tertiary alicyclic amines) is 1. The Morgan fingerprint density at radius 2 is 1.91 bits per heavy atom. The number of nitrogens with zero attached hydrogens (tertiary/aromatic N) is 1. The number of benzene rings is 1. The van der Waals surface area contributed by atoms with E-state index in [2.05, 4.69) is 0 Å². The molecule has 0 unspecified atom stereocenters. The molecule has 0 aromatic heterocycles. The zero-order valence-corrected chi connectivity index (χ0v) is 13.1. The Hall–Kier alpha value is -1.82. The highest BCUT2D eigenvalue weighted by molar-refractivity contribution is 5.95. The molecule has 2 N–H and O–H groups in total. The first-order chi connectivity index (χ1) is 10.8. The van der Waals surface area contributed by atoms with Crippen LogP contribution in [0.25, 0.3) is 5.57 Å². The molecule has 0 bridgehead atoms. The fraction of sp³-hybridized carbons (Fsp3) is 0.471. The fourth-order valence-electron chi connectivity index (χ4n) is 2.82. The Labute approximate surface area is 134 Å². The summed E-state index contributed by atoms with van der Waals surface area (Å²) in [6.07, 6.45) is -1.45. The van der Waals surface area contributed by atoms with Crippen molar-refractivity contribution in [1.29, 1.82) is 0 Å². The van der Waals surface area contributed by atoms with E-state index in [1.807, 2.05) is 0 Å². The van der Waals surface area contributed by atoms with Gasteiger partial charge in [-0.25, -0.2) is 0 Å². The first kappa shape index (κ1) is 17.5. The zero-order chi connectivity index (χ0) is 17.0. The minimum Gasteiger partial charge on any atom is -0.339 e. The molecular formula is C17H21F3N2O. The van der Waals surface area contributed by atoms with Gasteiger partial charge in [-0.15, -0.1) is 0 Å². The van der Waals surface area contributed by atoms with Gasteiger partial charge in [0.25, 0.3) is 0 Å². The van der Waals surface area contributed by atoms with Gasteiger partial charge in [-0.3, -0.25) is 4.79 Å². The summed E-state index contributed by atoms with van der Waals surface area (Å²) < 4.78 is 39.1. The molecule has 1 aromatic carbocycles. The summed E-state index contributed by atoms with van der Waals surface area (Å²) in [6.45, 7) is 3.35. The summed E-state index contributed by atoms with van der Waals surface area (Å²) >= 11 is 0. The molecule has 6 heteroatoms. The second kappa shape index (κ2) is 7.17. The van der Waals surface area contributed by atoms with Crippen LogP contribution in [0.4, 0.5) is 13.2 Å². The highest BCUT2D eigenvalue weighted by Crippen LogP contribution is 2.34. The van der Waals surface area contributed by atoms with E-state index >= 15 is 0 Å². The fourth-order valence-corrected chi connectivity index (χ4v) is 2.82. The van der Waals surface area contributed by atoms with E-state index in [9.17, 15) is 18.0 Å². The lowest BCUT2D eigenvalue weighted by molar-refractivity contribution is -0.137. The van der Waals surface area contributed by atoms with Crippen LogP contribution in [0.1, 0.15) is 30.9 Å². The van der Waals surface area contributed by atoms with Gasteiger partial charge in [0, 0.05) is 19.2 Å². The minimum absolute atomic E-state index is 0.0465. The summed E-state index contributed by atoms with van der Waals surface area (Å²) in [7, 11) is 0. The van der Waals surface area contributed by atoms with E-state index in [0.717, 1.165) is 18.9 Å². The molecule has 0 atom stereocenters. The third-order valence-corrected chi connectivity index (χ3v) is 4.26. The number of halogens is 3. The largest absolute Gasteiger partial charge is 0.416 e. The highest BCUT2D eigenvalue weighted by atomic mass is 19.4. The molecule has 126 valence electrons. The zero-order valence-electron chi connectivity index (χ0n) is 13.1. The van der Waals surface area contributed by atoms with Crippen LogP contribution in [0.5, 0.6) is 0 Å². The van der Waals surface area contributed by atoms with Gasteiger partial charge in [-0.05, 0) is 49.4 Å². The number of piperidine rings is 1. The van der Waals surface area contributed by atoms with E-state index in [0.29, 0.717) is 31.1 Å². The Morgan fingerprint density at radius 1 is 1.30 bits per heavy atom. The minimum atomic E-state index is -4.44. The molecule has 1 heterocycles. The molecule has 1 aliphatic rings. The van der Waals surface area contributed by atoms with Gasteiger partial charge >= 0.3 is 6.18 Å². The predicted octanol–water partition coefficient (Wildman–Crippen LogP) is 3.31. The topological polar surface area (TPSA) is 46.3 Å². The van der Waals surface area contributed by atoms with Crippen molar-refractivity contribution < 1.29 is 18.0 Å². The Morgan fingerprint density at radius 3 is 2.48 bits per heavy atom. The van der Waals surface area contributed by atoms with Crippen LogP contribution in [-0.2, 0) is 11.0 Å². The number of amides is 1. The Kier molecular flexibility index (Phi) is 5.46. The van der Waals surface area contributed by atoms with E-state index < -0.39 is 11.7 Å². The van der Waals surface area contributed by atoms with Gasteiger partial charge < -0.3 is 10.6 Å². The van der Waals surface area contributed by atoms with E-state index in [1.54, 1.807) is 11.0 Å². The SMILES string of the molecule is C/C(=C\C(=O)N1CCC(CN)CC1)c1ccccc1C(F)(F)F. The molecule has 23 heavy (non-hydrogen) atoms. The number of alkyl halides is 3. The summed E-state index contributed by atoms with van der Waals surface area (Å²) in [4.78, 5) is 13.9. The molecule has 3 nitrogen and oxygen atoms in total. The molecule has 0 radical (unpaired) electrons. The van der Waals surface area contributed by atoms with Gasteiger partial charge in [0.15, 0.2) is 0 Å². The lowest BCUT2D eigenvalue weighted by Crippen LogP contribution is -2.39. The molecule has 1 fully saturated rings. The molecule has 0 aliphatic carbocycles. The number of rotatable bonds is 3. The number of hydrogen-bond donors (Lipinski definition) is 1. The number of carbonyl (C=O) groups excluding carboxylic acids is 1. The van der Waals surface area contributed by atoms with Crippen molar-refractivity contribution in [3.63, 3.8) is 0 Å². The third kappa shape index (κ3) is 4.34. The van der Waals surface area contributed by atoms with Crippen LogP contribution in [-0.4, -0.2) is 30.4 Å². The van der Waals surface area contributed by atoms with Gasteiger partial charge in [-0.2, -0.15) is 13.2 Å².